The molecular weight excluding hydrogens is 425 g/mol. The molecule has 166 valence electrons. The van der Waals surface area contributed by atoms with Gasteiger partial charge in [0.15, 0.2) is 0 Å². The number of carbonyl (C=O) groups excluding carboxylic acids is 1. The number of halogens is 3. The maximum Gasteiger partial charge on any atom is 0.329 e. The van der Waals surface area contributed by atoms with Crippen molar-refractivity contribution < 1.29 is 18.0 Å². The van der Waals surface area contributed by atoms with Crippen LogP contribution in [0.25, 0.3) is 10.9 Å². The van der Waals surface area contributed by atoms with Crippen LogP contribution in [0.1, 0.15) is 44.0 Å². The summed E-state index contributed by atoms with van der Waals surface area (Å²) in [5, 5.41) is 2.57. The van der Waals surface area contributed by atoms with E-state index in [1.807, 2.05) is 0 Å². The summed E-state index contributed by atoms with van der Waals surface area (Å²) in [5.74, 6) is -2.63. The van der Waals surface area contributed by atoms with E-state index in [9.17, 15) is 27.6 Å². The standard InChI is InChI=1S/C22H19F3N4O3/c1-10(17-15(25)5-13(24)9-26-17)27-19(30)18(22-6-11(7-22)8-22)29-20(31)14-4-12(23)2-3-16(14)28-21(29)32/h2-5,9-11,18H,6-8H2,1H3,(H,27,30)(H,28,32)/t10-,11?,18-,22?/m0/s1. The van der Waals surface area contributed by atoms with Crippen LogP contribution in [0, 0.1) is 28.8 Å². The summed E-state index contributed by atoms with van der Waals surface area (Å²) >= 11 is 0. The van der Waals surface area contributed by atoms with Gasteiger partial charge in [0, 0.05) is 11.5 Å². The largest absolute Gasteiger partial charge is 0.346 e. The lowest BCUT2D eigenvalue weighted by atomic mass is 9.41. The number of hydrogen-bond donors (Lipinski definition) is 2. The lowest BCUT2D eigenvalue weighted by Gasteiger charge is -2.64. The molecule has 2 N–H and O–H groups in total. The fourth-order valence-electron chi connectivity index (χ4n) is 5.09. The minimum absolute atomic E-state index is 0.0479. The summed E-state index contributed by atoms with van der Waals surface area (Å²) in [6, 6.07) is 2.00. The van der Waals surface area contributed by atoms with Crippen molar-refractivity contribution in [3.8, 4) is 0 Å². The minimum atomic E-state index is -1.15. The molecule has 3 aliphatic rings. The number of pyridine rings is 1. The van der Waals surface area contributed by atoms with E-state index in [4.69, 9.17) is 0 Å². The summed E-state index contributed by atoms with van der Waals surface area (Å²) in [6.45, 7) is 1.48. The molecule has 32 heavy (non-hydrogen) atoms. The highest BCUT2D eigenvalue weighted by atomic mass is 19.1. The minimum Gasteiger partial charge on any atom is -0.346 e. The Kier molecular flexibility index (Phi) is 4.51. The zero-order chi connectivity index (χ0) is 22.8. The molecule has 1 amide bonds. The van der Waals surface area contributed by atoms with Crippen molar-refractivity contribution >= 4 is 16.8 Å². The number of nitrogens with one attached hydrogen (secondary N) is 2. The highest BCUT2D eigenvalue weighted by Crippen LogP contribution is 2.69. The van der Waals surface area contributed by atoms with Crippen molar-refractivity contribution in [1.29, 1.82) is 0 Å². The van der Waals surface area contributed by atoms with Gasteiger partial charge in [0.25, 0.3) is 5.56 Å². The van der Waals surface area contributed by atoms with E-state index in [1.54, 1.807) is 0 Å². The first kappa shape index (κ1) is 20.5. The Balaban J connectivity index is 1.57. The third-order valence-corrected chi connectivity index (χ3v) is 6.67. The van der Waals surface area contributed by atoms with Crippen LogP contribution in [-0.2, 0) is 4.79 Å². The molecule has 2 atom stereocenters. The second-order valence-corrected chi connectivity index (χ2v) is 8.79. The average molecular weight is 444 g/mol. The van der Waals surface area contributed by atoms with E-state index in [-0.39, 0.29) is 16.6 Å². The van der Waals surface area contributed by atoms with Crippen molar-refractivity contribution in [2.75, 3.05) is 0 Å². The highest BCUT2D eigenvalue weighted by Gasteiger charge is 2.63. The Bertz CT molecular complexity index is 1370. The van der Waals surface area contributed by atoms with Crippen LogP contribution in [-0.4, -0.2) is 20.4 Å². The Labute approximate surface area is 179 Å². The molecule has 0 saturated heterocycles. The monoisotopic (exact) mass is 444 g/mol. The second-order valence-electron chi connectivity index (χ2n) is 8.79. The zero-order valence-electron chi connectivity index (χ0n) is 17.0. The molecule has 3 saturated carbocycles. The summed E-state index contributed by atoms with van der Waals surface area (Å²) in [4.78, 5) is 45.7. The van der Waals surface area contributed by atoms with Crippen molar-refractivity contribution in [2.24, 2.45) is 11.3 Å². The van der Waals surface area contributed by atoms with Crippen molar-refractivity contribution in [3.05, 3.63) is 74.4 Å². The molecule has 1 aromatic carbocycles. The molecule has 3 fully saturated rings. The molecule has 0 aliphatic heterocycles. The number of aromatic nitrogens is 3. The first-order valence-electron chi connectivity index (χ1n) is 10.2. The average Bonchev–Trinajstić information content (AvgIpc) is 2.65. The fourth-order valence-corrected chi connectivity index (χ4v) is 5.09. The Hall–Kier alpha value is -3.43. The maximum absolute atomic E-state index is 14.1. The Morgan fingerprint density at radius 3 is 2.53 bits per heavy atom. The first-order valence-corrected chi connectivity index (χ1v) is 10.2. The third-order valence-electron chi connectivity index (χ3n) is 6.67. The SMILES string of the molecule is C[C@H](NC(=O)[C@H](n1c(=O)[nH]c2ccc(F)cc2c1=O)C12CC(C1)C2)c1ncc(F)cc1F. The summed E-state index contributed by atoms with van der Waals surface area (Å²) in [5.41, 5.74) is -2.12. The third kappa shape index (κ3) is 3.04. The van der Waals surface area contributed by atoms with Gasteiger partial charge in [-0.25, -0.2) is 22.5 Å². The molecule has 0 unspecified atom stereocenters. The van der Waals surface area contributed by atoms with Crippen LogP contribution in [0.5, 0.6) is 0 Å². The fraction of sp³-hybridized carbons (Fsp3) is 0.364. The normalized spacial score (nSPS) is 23.2. The smallest absolute Gasteiger partial charge is 0.329 e. The number of aromatic amines is 1. The quantitative estimate of drug-likeness (QED) is 0.633. The molecule has 2 heterocycles. The lowest BCUT2D eigenvalue weighted by molar-refractivity contribution is -0.165. The van der Waals surface area contributed by atoms with Gasteiger partial charge in [-0.05, 0) is 50.3 Å². The molecule has 0 radical (unpaired) electrons. The van der Waals surface area contributed by atoms with Crippen LogP contribution >= 0.6 is 0 Å². The number of H-pyrrole nitrogens is 1. The number of nitrogens with zero attached hydrogens (tertiary/aromatic N) is 2. The second kappa shape index (κ2) is 7.04. The lowest BCUT2D eigenvalue weighted by Crippen LogP contribution is -2.63. The van der Waals surface area contributed by atoms with Gasteiger partial charge in [0.05, 0.1) is 28.8 Å². The topological polar surface area (TPSA) is 96.9 Å². The van der Waals surface area contributed by atoms with E-state index < -0.39 is 52.1 Å². The molecule has 6 rings (SSSR count). The van der Waals surface area contributed by atoms with Crippen LogP contribution in [0.2, 0.25) is 0 Å². The molecule has 2 bridgehead atoms. The maximum atomic E-state index is 14.1. The van der Waals surface area contributed by atoms with Crippen molar-refractivity contribution in [2.45, 2.75) is 38.3 Å². The number of fused-ring (bicyclic) bond motifs is 1. The molecule has 2 aromatic heterocycles. The van der Waals surface area contributed by atoms with Gasteiger partial charge in [-0.2, -0.15) is 0 Å². The summed E-state index contributed by atoms with van der Waals surface area (Å²) in [6.07, 6.45) is 2.87. The van der Waals surface area contributed by atoms with Gasteiger partial charge in [0.2, 0.25) is 5.91 Å². The van der Waals surface area contributed by atoms with E-state index >= 15 is 0 Å². The number of carbonyl (C=O) groups is 1. The van der Waals surface area contributed by atoms with Crippen LogP contribution in [0.3, 0.4) is 0 Å². The molecule has 7 nitrogen and oxygen atoms in total. The van der Waals surface area contributed by atoms with Gasteiger partial charge in [-0.15, -0.1) is 0 Å². The van der Waals surface area contributed by atoms with Gasteiger partial charge < -0.3 is 10.3 Å². The summed E-state index contributed by atoms with van der Waals surface area (Å²) in [7, 11) is 0. The zero-order valence-corrected chi connectivity index (χ0v) is 17.0. The van der Waals surface area contributed by atoms with E-state index in [0.717, 1.165) is 22.9 Å². The molecule has 3 aromatic rings. The van der Waals surface area contributed by atoms with Crippen LogP contribution in [0.4, 0.5) is 13.2 Å². The molecule has 3 aliphatic carbocycles. The van der Waals surface area contributed by atoms with Crippen molar-refractivity contribution in [1.82, 2.24) is 19.9 Å². The highest BCUT2D eigenvalue weighted by molar-refractivity contribution is 5.83. The van der Waals surface area contributed by atoms with Crippen LogP contribution < -0.4 is 16.6 Å². The Morgan fingerprint density at radius 1 is 1.19 bits per heavy atom. The van der Waals surface area contributed by atoms with E-state index in [0.29, 0.717) is 31.2 Å². The predicted octanol–water partition coefficient (Wildman–Crippen LogP) is 2.72. The number of hydrogen-bond acceptors (Lipinski definition) is 4. The molecule has 10 heteroatoms. The van der Waals surface area contributed by atoms with Gasteiger partial charge in [-0.1, -0.05) is 0 Å². The number of amides is 1. The van der Waals surface area contributed by atoms with Gasteiger partial charge >= 0.3 is 5.69 Å². The molecule has 0 spiro atoms. The number of rotatable bonds is 5. The summed E-state index contributed by atoms with van der Waals surface area (Å²) < 4.78 is 41.9. The Morgan fingerprint density at radius 2 is 1.91 bits per heavy atom. The van der Waals surface area contributed by atoms with E-state index in [1.165, 1.54) is 13.0 Å². The van der Waals surface area contributed by atoms with Gasteiger partial charge in [-0.3, -0.25) is 14.6 Å². The van der Waals surface area contributed by atoms with Crippen LogP contribution in [0.15, 0.2) is 40.1 Å². The molecular formula is C22H19F3N4O3. The van der Waals surface area contributed by atoms with E-state index in [2.05, 4.69) is 15.3 Å². The van der Waals surface area contributed by atoms with Gasteiger partial charge in [0.1, 0.15) is 23.5 Å². The van der Waals surface area contributed by atoms with Crippen molar-refractivity contribution in [3.63, 3.8) is 0 Å². The predicted molar refractivity (Wildman–Crippen MR) is 108 cm³/mol. The first-order chi connectivity index (χ1) is 15.2. The number of benzene rings is 1.